The molecule has 4 rings (SSSR count). The van der Waals surface area contributed by atoms with Crippen molar-refractivity contribution in [1.82, 2.24) is 30.0 Å². The summed E-state index contributed by atoms with van der Waals surface area (Å²) < 4.78 is 7.66. The van der Waals surface area contributed by atoms with Gasteiger partial charge in [0.1, 0.15) is 22.6 Å². The van der Waals surface area contributed by atoms with E-state index in [1.165, 1.54) is 11.0 Å². The van der Waals surface area contributed by atoms with E-state index in [-0.39, 0.29) is 28.6 Å². The third kappa shape index (κ3) is 4.50. The Hall–Kier alpha value is -2.48. The number of thiazole rings is 1. The summed E-state index contributed by atoms with van der Waals surface area (Å²) in [6, 6.07) is -0.245. The van der Waals surface area contributed by atoms with Gasteiger partial charge in [0.15, 0.2) is 11.0 Å². The standard InChI is InChI=1S/C19H21BrClN7O4S/c1-8-12(21)11(20)13(24-8)17(29)25-9-4-5-28(6-10(9)32-3)19-26-14(15(33-19)18(30)31)16-22-7-23-27(16)2/h7,9-10,24H,4-6H2,1-3H3,(H,25,29)(H,30,31). The van der Waals surface area contributed by atoms with Crippen molar-refractivity contribution in [1.29, 1.82) is 0 Å². The third-order valence-electron chi connectivity index (χ3n) is 5.46. The maximum Gasteiger partial charge on any atom is 0.348 e. The van der Waals surface area contributed by atoms with Crippen LogP contribution in [0.25, 0.3) is 11.5 Å². The molecular weight excluding hydrogens is 538 g/mol. The highest BCUT2D eigenvalue weighted by Gasteiger charge is 2.34. The van der Waals surface area contributed by atoms with E-state index in [0.29, 0.717) is 51.3 Å². The van der Waals surface area contributed by atoms with Crippen LogP contribution >= 0.6 is 38.9 Å². The molecule has 0 saturated carbocycles. The van der Waals surface area contributed by atoms with Crippen LogP contribution in [0.1, 0.15) is 32.3 Å². The van der Waals surface area contributed by atoms with Gasteiger partial charge in [0.25, 0.3) is 5.91 Å². The van der Waals surface area contributed by atoms with E-state index in [1.54, 1.807) is 21.1 Å². The number of aromatic nitrogens is 5. The summed E-state index contributed by atoms with van der Waals surface area (Å²) >= 11 is 10.6. The van der Waals surface area contributed by atoms with Crippen molar-refractivity contribution in [3.8, 4) is 11.5 Å². The predicted octanol–water partition coefficient (Wildman–Crippen LogP) is 2.71. The van der Waals surface area contributed by atoms with E-state index in [1.807, 2.05) is 4.90 Å². The van der Waals surface area contributed by atoms with Gasteiger partial charge < -0.3 is 25.0 Å². The summed E-state index contributed by atoms with van der Waals surface area (Å²) in [5.74, 6) is -0.983. The molecule has 1 aliphatic rings. The lowest BCUT2D eigenvalue weighted by Crippen LogP contribution is -2.55. The van der Waals surface area contributed by atoms with Gasteiger partial charge in [0.2, 0.25) is 0 Å². The smallest absolute Gasteiger partial charge is 0.348 e. The number of piperidine rings is 1. The predicted molar refractivity (Wildman–Crippen MR) is 126 cm³/mol. The van der Waals surface area contributed by atoms with Crippen molar-refractivity contribution >= 4 is 55.9 Å². The molecule has 14 heteroatoms. The number of aryl methyl sites for hydroxylation is 2. The maximum atomic E-state index is 12.8. The Morgan fingerprint density at radius 3 is 2.79 bits per heavy atom. The van der Waals surface area contributed by atoms with Gasteiger partial charge in [-0.1, -0.05) is 22.9 Å². The van der Waals surface area contributed by atoms with Crippen molar-refractivity contribution in [2.24, 2.45) is 7.05 Å². The SMILES string of the molecule is COC1CN(c2nc(-c3ncnn3C)c(C(=O)O)s2)CCC1NC(=O)c1[nH]c(C)c(Cl)c1Br. The van der Waals surface area contributed by atoms with Crippen LogP contribution in [-0.2, 0) is 11.8 Å². The molecule has 0 aromatic carbocycles. The number of aromatic amines is 1. The van der Waals surface area contributed by atoms with Crippen LogP contribution in [0.15, 0.2) is 10.8 Å². The lowest BCUT2D eigenvalue weighted by Gasteiger charge is -2.37. The number of carboxylic acids is 1. The number of hydrogen-bond donors (Lipinski definition) is 3. The van der Waals surface area contributed by atoms with Gasteiger partial charge in [0.05, 0.1) is 21.6 Å². The Bertz CT molecular complexity index is 1210. The first-order valence-electron chi connectivity index (χ1n) is 9.91. The molecular formula is C19H21BrClN7O4S. The van der Waals surface area contributed by atoms with Crippen LogP contribution in [-0.4, -0.2) is 74.1 Å². The van der Waals surface area contributed by atoms with Crippen LogP contribution < -0.4 is 10.2 Å². The molecule has 1 fully saturated rings. The molecule has 1 amide bonds. The summed E-state index contributed by atoms with van der Waals surface area (Å²) in [6.07, 6.45) is 1.60. The minimum Gasteiger partial charge on any atom is -0.477 e. The van der Waals surface area contributed by atoms with Crippen LogP contribution in [0, 0.1) is 6.92 Å². The maximum absolute atomic E-state index is 12.8. The number of anilines is 1. The molecule has 176 valence electrons. The molecule has 0 bridgehead atoms. The van der Waals surface area contributed by atoms with Crippen molar-refractivity contribution in [3.05, 3.63) is 32.1 Å². The van der Waals surface area contributed by atoms with Crippen LogP contribution in [0.2, 0.25) is 5.02 Å². The second-order valence-electron chi connectivity index (χ2n) is 7.53. The highest BCUT2D eigenvalue weighted by molar-refractivity contribution is 9.10. The highest BCUT2D eigenvalue weighted by atomic mass is 79.9. The van der Waals surface area contributed by atoms with Gasteiger partial charge in [0, 0.05) is 32.9 Å². The number of nitrogens with zero attached hydrogens (tertiary/aromatic N) is 5. The Kier molecular flexibility index (Phi) is 6.75. The number of carbonyl (C=O) groups is 2. The molecule has 0 radical (unpaired) electrons. The zero-order chi connectivity index (χ0) is 23.9. The van der Waals surface area contributed by atoms with Crippen molar-refractivity contribution in [2.45, 2.75) is 25.5 Å². The van der Waals surface area contributed by atoms with E-state index in [4.69, 9.17) is 16.3 Å². The molecule has 4 heterocycles. The fraction of sp³-hybridized carbons (Fsp3) is 0.421. The summed E-state index contributed by atoms with van der Waals surface area (Å²) in [6.45, 7) is 2.77. The first kappa shape index (κ1) is 23.7. The van der Waals surface area contributed by atoms with Gasteiger partial charge in [-0.05, 0) is 29.3 Å². The second kappa shape index (κ2) is 9.41. The zero-order valence-electron chi connectivity index (χ0n) is 17.9. The number of ether oxygens (including phenoxy) is 1. The first-order chi connectivity index (χ1) is 15.7. The number of amides is 1. The van der Waals surface area contributed by atoms with E-state index in [0.717, 1.165) is 11.3 Å². The van der Waals surface area contributed by atoms with Gasteiger partial charge >= 0.3 is 5.97 Å². The molecule has 3 aromatic heterocycles. The molecule has 1 aliphatic heterocycles. The van der Waals surface area contributed by atoms with Gasteiger partial charge in [-0.3, -0.25) is 4.79 Å². The average Bonchev–Trinajstić information content (AvgIpc) is 3.48. The van der Waals surface area contributed by atoms with Crippen LogP contribution in [0.5, 0.6) is 0 Å². The molecule has 2 atom stereocenters. The van der Waals surface area contributed by atoms with E-state index >= 15 is 0 Å². The number of hydrogen-bond acceptors (Lipinski definition) is 8. The number of aromatic carboxylic acids is 1. The number of rotatable bonds is 6. The molecule has 0 aliphatic carbocycles. The normalized spacial score (nSPS) is 18.5. The van der Waals surface area contributed by atoms with Crippen molar-refractivity contribution in [3.63, 3.8) is 0 Å². The number of H-pyrrole nitrogens is 1. The molecule has 1 saturated heterocycles. The van der Waals surface area contributed by atoms with Gasteiger partial charge in [-0.2, -0.15) is 5.10 Å². The largest absolute Gasteiger partial charge is 0.477 e. The minimum atomic E-state index is -1.08. The molecule has 11 nitrogen and oxygen atoms in total. The number of nitrogens with one attached hydrogen (secondary N) is 2. The minimum absolute atomic E-state index is 0.0920. The van der Waals surface area contributed by atoms with E-state index in [2.05, 4.69) is 41.3 Å². The lowest BCUT2D eigenvalue weighted by molar-refractivity contribution is 0.0540. The van der Waals surface area contributed by atoms with Gasteiger partial charge in [-0.15, -0.1) is 0 Å². The van der Waals surface area contributed by atoms with Gasteiger partial charge in [-0.25, -0.2) is 19.4 Å². The van der Waals surface area contributed by atoms with Crippen LogP contribution in [0.3, 0.4) is 0 Å². The number of halogens is 2. The van der Waals surface area contributed by atoms with Crippen LogP contribution in [0.4, 0.5) is 5.13 Å². The number of carbonyl (C=O) groups excluding carboxylic acids is 1. The molecule has 2 unspecified atom stereocenters. The van der Waals surface area contributed by atoms with Crippen molar-refractivity contribution in [2.75, 3.05) is 25.1 Å². The summed E-state index contributed by atoms with van der Waals surface area (Å²) in [5, 5.41) is 17.7. The zero-order valence-corrected chi connectivity index (χ0v) is 21.1. The first-order valence-corrected chi connectivity index (χ1v) is 11.9. The fourth-order valence-electron chi connectivity index (χ4n) is 3.71. The Labute approximate surface area is 206 Å². The average molecular weight is 559 g/mol. The second-order valence-corrected chi connectivity index (χ2v) is 9.68. The fourth-order valence-corrected chi connectivity index (χ4v) is 5.37. The molecule has 0 spiro atoms. The number of methoxy groups -OCH3 is 1. The Morgan fingerprint density at radius 1 is 1.45 bits per heavy atom. The van der Waals surface area contributed by atoms with E-state index in [9.17, 15) is 14.7 Å². The third-order valence-corrected chi connectivity index (χ3v) is 8.06. The Morgan fingerprint density at radius 2 is 2.21 bits per heavy atom. The summed E-state index contributed by atoms with van der Waals surface area (Å²) in [7, 11) is 3.26. The van der Waals surface area contributed by atoms with Crippen molar-refractivity contribution < 1.29 is 19.4 Å². The highest BCUT2D eigenvalue weighted by Crippen LogP contribution is 2.34. The molecule has 3 aromatic rings. The quantitative estimate of drug-likeness (QED) is 0.420. The molecule has 33 heavy (non-hydrogen) atoms. The topological polar surface area (TPSA) is 138 Å². The lowest BCUT2D eigenvalue weighted by atomic mass is 10.0. The van der Waals surface area contributed by atoms with E-state index < -0.39 is 5.97 Å². The summed E-state index contributed by atoms with van der Waals surface area (Å²) in [5.41, 5.74) is 1.33. The summed E-state index contributed by atoms with van der Waals surface area (Å²) in [4.78, 5) is 38.3. The monoisotopic (exact) mass is 557 g/mol. The molecule has 3 N–H and O–H groups in total. The Balaban J connectivity index is 1.52. The number of carboxylic acid groups (broad SMARTS) is 1.